The molecule has 7 heteroatoms. The highest BCUT2D eigenvalue weighted by Crippen LogP contribution is 2.29. The zero-order valence-electron chi connectivity index (χ0n) is 15.7. The molecule has 3 rings (SSSR count). The maximum atomic E-state index is 12.9. The van der Waals surface area contributed by atoms with Crippen molar-refractivity contribution in [1.29, 1.82) is 0 Å². The average Bonchev–Trinajstić information content (AvgIpc) is 2.73. The van der Waals surface area contributed by atoms with Crippen LogP contribution >= 0.6 is 23.4 Å². The highest BCUT2D eigenvalue weighted by Gasteiger charge is 2.22. The molecule has 1 fully saturated rings. The monoisotopic (exact) mass is 416 g/mol. The number of amidine groups is 1. The highest BCUT2D eigenvalue weighted by molar-refractivity contribution is 8.13. The van der Waals surface area contributed by atoms with Gasteiger partial charge < -0.3 is 9.47 Å². The van der Waals surface area contributed by atoms with Gasteiger partial charge in [0.1, 0.15) is 11.5 Å². The van der Waals surface area contributed by atoms with Gasteiger partial charge in [0.15, 0.2) is 5.17 Å². The molecule has 0 spiro atoms. The topological polar surface area (TPSA) is 51.1 Å². The van der Waals surface area contributed by atoms with E-state index in [9.17, 15) is 4.79 Å². The zero-order chi connectivity index (χ0) is 19.9. The Morgan fingerprint density at radius 2 is 2.04 bits per heavy atom. The number of halogens is 1. The molecular formula is C21H21ClN2O3S. The molecule has 0 bridgehead atoms. The highest BCUT2D eigenvalue weighted by atomic mass is 35.5. The van der Waals surface area contributed by atoms with E-state index in [1.54, 1.807) is 43.0 Å². The fourth-order valence-corrected chi connectivity index (χ4v) is 3.86. The molecule has 0 N–H and O–H groups in total. The third kappa shape index (κ3) is 4.88. The van der Waals surface area contributed by atoms with Crippen molar-refractivity contribution in [3.63, 3.8) is 0 Å². The van der Waals surface area contributed by atoms with E-state index in [4.69, 9.17) is 21.1 Å². The standard InChI is InChI=1S/C21H21ClN2O3S/c1-26-16-9-10-19(27-2)15(14-16)8-11-20(25)24-12-5-13-28-21(24)23-18-7-4-3-6-17(18)22/h3-4,6-11,14H,5,12-13H2,1-2H3/b11-8+,23-21?. The average molecular weight is 417 g/mol. The summed E-state index contributed by atoms with van der Waals surface area (Å²) in [5.41, 5.74) is 1.43. The molecule has 0 unspecified atom stereocenters. The van der Waals surface area contributed by atoms with Gasteiger partial charge in [-0.2, -0.15) is 0 Å². The van der Waals surface area contributed by atoms with Gasteiger partial charge in [-0.15, -0.1) is 0 Å². The second kappa shape index (κ2) is 9.66. The van der Waals surface area contributed by atoms with E-state index in [2.05, 4.69) is 4.99 Å². The number of thioether (sulfide) groups is 1. The molecule has 0 aliphatic carbocycles. The van der Waals surface area contributed by atoms with Crippen LogP contribution in [-0.4, -0.2) is 42.5 Å². The molecular weight excluding hydrogens is 396 g/mol. The molecule has 1 aliphatic rings. The summed E-state index contributed by atoms with van der Waals surface area (Å²) in [5, 5.41) is 1.22. The number of carbonyl (C=O) groups is 1. The van der Waals surface area contributed by atoms with Crippen molar-refractivity contribution in [2.24, 2.45) is 4.99 Å². The van der Waals surface area contributed by atoms with Crippen LogP contribution < -0.4 is 9.47 Å². The Hall–Kier alpha value is -2.44. The van der Waals surface area contributed by atoms with Crippen LogP contribution in [0.25, 0.3) is 6.08 Å². The summed E-state index contributed by atoms with van der Waals surface area (Å²) in [5.74, 6) is 2.15. The first kappa shape index (κ1) is 20.3. The lowest BCUT2D eigenvalue weighted by molar-refractivity contribution is -0.122. The number of rotatable bonds is 5. The second-order valence-electron chi connectivity index (χ2n) is 5.98. The van der Waals surface area contributed by atoms with E-state index in [0.717, 1.165) is 17.7 Å². The van der Waals surface area contributed by atoms with Gasteiger partial charge in [-0.3, -0.25) is 9.69 Å². The van der Waals surface area contributed by atoms with Crippen LogP contribution in [0.1, 0.15) is 12.0 Å². The van der Waals surface area contributed by atoms with Gasteiger partial charge in [-0.05, 0) is 42.8 Å². The number of benzene rings is 2. The minimum absolute atomic E-state index is 0.136. The molecule has 1 aliphatic heterocycles. The van der Waals surface area contributed by atoms with Crippen molar-refractivity contribution in [3.8, 4) is 11.5 Å². The molecule has 5 nitrogen and oxygen atoms in total. The van der Waals surface area contributed by atoms with Crippen LogP contribution in [0.3, 0.4) is 0 Å². The van der Waals surface area contributed by atoms with Crippen molar-refractivity contribution >= 4 is 46.2 Å². The zero-order valence-corrected chi connectivity index (χ0v) is 17.3. The maximum Gasteiger partial charge on any atom is 0.252 e. The van der Waals surface area contributed by atoms with Gasteiger partial charge in [0.2, 0.25) is 0 Å². The van der Waals surface area contributed by atoms with E-state index >= 15 is 0 Å². The van der Waals surface area contributed by atoms with Gasteiger partial charge >= 0.3 is 0 Å². The van der Waals surface area contributed by atoms with Gasteiger partial charge in [0.25, 0.3) is 5.91 Å². The molecule has 0 radical (unpaired) electrons. The number of para-hydroxylation sites is 1. The predicted octanol–water partition coefficient (Wildman–Crippen LogP) is 5.02. The Bertz CT molecular complexity index is 914. The van der Waals surface area contributed by atoms with Gasteiger partial charge in [-0.1, -0.05) is 35.5 Å². The lowest BCUT2D eigenvalue weighted by Gasteiger charge is -2.26. The number of ether oxygens (including phenoxy) is 2. The molecule has 0 atom stereocenters. The first-order chi connectivity index (χ1) is 13.6. The molecule has 2 aromatic rings. The summed E-state index contributed by atoms with van der Waals surface area (Å²) in [6, 6.07) is 12.8. The summed E-state index contributed by atoms with van der Waals surface area (Å²) in [6.07, 6.45) is 4.18. The van der Waals surface area contributed by atoms with Gasteiger partial charge in [-0.25, -0.2) is 4.99 Å². The molecule has 2 aromatic carbocycles. The fraction of sp³-hybridized carbons (Fsp3) is 0.238. The Morgan fingerprint density at radius 1 is 1.21 bits per heavy atom. The predicted molar refractivity (Wildman–Crippen MR) is 116 cm³/mol. The Morgan fingerprint density at radius 3 is 2.79 bits per heavy atom. The number of aliphatic imine (C=N–C) groups is 1. The van der Waals surface area contributed by atoms with Crippen molar-refractivity contribution in [1.82, 2.24) is 4.90 Å². The number of nitrogens with zero attached hydrogens (tertiary/aromatic N) is 2. The van der Waals surface area contributed by atoms with Crippen LogP contribution in [0.2, 0.25) is 5.02 Å². The molecule has 1 amide bonds. The third-order valence-corrected chi connectivity index (χ3v) is 5.55. The van der Waals surface area contributed by atoms with E-state index < -0.39 is 0 Å². The summed E-state index contributed by atoms with van der Waals surface area (Å²) in [7, 11) is 3.19. The van der Waals surface area contributed by atoms with E-state index in [0.29, 0.717) is 33.9 Å². The van der Waals surface area contributed by atoms with Crippen molar-refractivity contribution in [2.45, 2.75) is 6.42 Å². The Balaban J connectivity index is 1.84. The van der Waals surface area contributed by atoms with Crippen molar-refractivity contribution < 1.29 is 14.3 Å². The van der Waals surface area contributed by atoms with E-state index in [1.807, 2.05) is 36.4 Å². The Labute approximate surface area is 174 Å². The fourth-order valence-electron chi connectivity index (χ4n) is 2.72. The third-order valence-electron chi connectivity index (χ3n) is 4.17. The van der Waals surface area contributed by atoms with E-state index in [1.165, 1.54) is 6.08 Å². The summed E-state index contributed by atoms with van der Waals surface area (Å²) in [6.45, 7) is 0.620. The van der Waals surface area contributed by atoms with Gasteiger partial charge in [0.05, 0.1) is 24.9 Å². The smallest absolute Gasteiger partial charge is 0.252 e. The van der Waals surface area contributed by atoms with Gasteiger partial charge in [0, 0.05) is 23.9 Å². The van der Waals surface area contributed by atoms with Crippen LogP contribution in [0.15, 0.2) is 53.5 Å². The molecule has 146 valence electrons. The molecule has 0 aromatic heterocycles. The van der Waals surface area contributed by atoms with Crippen molar-refractivity contribution in [2.75, 3.05) is 26.5 Å². The maximum absolute atomic E-state index is 12.9. The quantitative estimate of drug-likeness (QED) is 0.642. The number of methoxy groups -OCH3 is 2. The first-order valence-corrected chi connectivity index (χ1v) is 10.2. The number of amides is 1. The largest absolute Gasteiger partial charge is 0.497 e. The van der Waals surface area contributed by atoms with Crippen LogP contribution in [0, 0.1) is 0 Å². The lowest BCUT2D eigenvalue weighted by atomic mass is 10.1. The van der Waals surface area contributed by atoms with Crippen LogP contribution in [0.4, 0.5) is 5.69 Å². The second-order valence-corrected chi connectivity index (χ2v) is 7.45. The molecule has 0 saturated carbocycles. The first-order valence-electron chi connectivity index (χ1n) is 8.80. The molecule has 28 heavy (non-hydrogen) atoms. The van der Waals surface area contributed by atoms with Crippen LogP contribution in [-0.2, 0) is 4.79 Å². The minimum Gasteiger partial charge on any atom is -0.497 e. The lowest BCUT2D eigenvalue weighted by Crippen LogP contribution is -2.38. The Kier molecular flexibility index (Phi) is 7.01. The summed E-state index contributed by atoms with van der Waals surface area (Å²) >= 11 is 7.77. The SMILES string of the molecule is COc1ccc(OC)c(/C=C/C(=O)N2CCCSC2=Nc2ccccc2Cl)c1. The van der Waals surface area contributed by atoms with Crippen LogP contribution in [0.5, 0.6) is 11.5 Å². The summed E-state index contributed by atoms with van der Waals surface area (Å²) in [4.78, 5) is 19.1. The number of hydrogen-bond acceptors (Lipinski definition) is 5. The van der Waals surface area contributed by atoms with Crippen molar-refractivity contribution in [3.05, 3.63) is 59.1 Å². The van der Waals surface area contributed by atoms with E-state index in [-0.39, 0.29) is 5.91 Å². The summed E-state index contributed by atoms with van der Waals surface area (Å²) < 4.78 is 10.6. The molecule has 1 heterocycles. The number of carbonyl (C=O) groups excluding carboxylic acids is 1. The number of hydrogen-bond donors (Lipinski definition) is 0. The molecule has 1 saturated heterocycles. The normalized spacial score (nSPS) is 15.8. The minimum atomic E-state index is -0.136.